The van der Waals surface area contributed by atoms with Gasteiger partial charge in [0.2, 0.25) is 45.5 Å². The lowest BCUT2D eigenvalue weighted by Gasteiger charge is -2.23. The third-order valence-corrected chi connectivity index (χ3v) is 11.2. The first kappa shape index (κ1) is 44.6. The second kappa shape index (κ2) is 19.7. The Balaban J connectivity index is 1.55. The molecule has 1 aliphatic rings. The van der Waals surface area contributed by atoms with E-state index in [-0.39, 0.29) is 54.5 Å². The summed E-state index contributed by atoms with van der Waals surface area (Å²) >= 11 is 0. The lowest BCUT2D eigenvalue weighted by atomic mass is 9.89. The zero-order valence-corrected chi connectivity index (χ0v) is 33.8. The molecule has 3 rings (SSSR count). The SMILES string of the molecule is CC(C)c1cc(C(C)C)c(S(=O)(=O)N2CC2C(=O)NCC(=O)NC(C(=O)NCCC(=O)N[C@@H](Cc2ccccc2)C(=O)NCC(N)=O)C(C)C)c(C(C)C)c1. The molecule has 55 heavy (non-hydrogen) atoms. The van der Waals surface area contributed by atoms with Gasteiger partial charge < -0.3 is 32.3 Å². The highest BCUT2D eigenvalue weighted by molar-refractivity contribution is 7.89. The van der Waals surface area contributed by atoms with Gasteiger partial charge in [0.25, 0.3) is 0 Å². The summed E-state index contributed by atoms with van der Waals surface area (Å²) in [6.45, 7) is 14.3. The molecule has 7 N–H and O–H groups in total. The van der Waals surface area contributed by atoms with Crippen molar-refractivity contribution in [2.75, 3.05) is 26.2 Å². The average molecular weight is 784 g/mol. The zero-order valence-electron chi connectivity index (χ0n) is 33.0. The highest BCUT2D eigenvalue weighted by Gasteiger charge is 2.50. The summed E-state index contributed by atoms with van der Waals surface area (Å²) in [7, 11) is -4.03. The van der Waals surface area contributed by atoms with E-state index in [0.29, 0.717) is 11.1 Å². The number of hydrogen-bond donors (Lipinski definition) is 6. The van der Waals surface area contributed by atoms with E-state index in [4.69, 9.17) is 5.73 Å². The summed E-state index contributed by atoms with van der Waals surface area (Å²) in [6, 6.07) is 9.85. The lowest BCUT2D eigenvalue weighted by molar-refractivity contribution is -0.131. The van der Waals surface area contributed by atoms with Gasteiger partial charge in [-0.25, -0.2) is 8.42 Å². The number of nitrogens with two attached hydrogens (primary N) is 1. The molecule has 2 aromatic carbocycles. The second-order valence-electron chi connectivity index (χ2n) is 15.1. The number of amides is 6. The van der Waals surface area contributed by atoms with Gasteiger partial charge in [0.1, 0.15) is 18.1 Å². The van der Waals surface area contributed by atoms with Crippen molar-refractivity contribution in [3.8, 4) is 0 Å². The molecule has 2 aromatic rings. The van der Waals surface area contributed by atoms with E-state index < -0.39 is 76.7 Å². The van der Waals surface area contributed by atoms with Gasteiger partial charge in [-0.3, -0.25) is 28.8 Å². The highest BCUT2D eigenvalue weighted by Crippen LogP contribution is 2.39. The van der Waals surface area contributed by atoms with Gasteiger partial charge in [-0.15, -0.1) is 0 Å². The van der Waals surface area contributed by atoms with E-state index >= 15 is 0 Å². The number of carbonyl (C=O) groups is 6. The average Bonchev–Trinajstić information content (AvgIpc) is 3.93. The molecule has 3 unspecified atom stereocenters. The van der Waals surface area contributed by atoms with Crippen LogP contribution in [-0.2, 0) is 45.2 Å². The van der Waals surface area contributed by atoms with Gasteiger partial charge in [0, 0.05) is 25.9 Å². The Hall–Kier alpha value is -4.83. The van der Waals surface area contributed by atoms with Crippen molar-refractivity contribution in [3.05, 3.63) is 64.7 Å². The first-order valence-electron chi connectivity index (χ1n) is 18.7. The smallest absolute Gasteiger partial charge is 0.244 e. The minimum Gasteiger partial charge on any atom is -0.368 e. The molecule has 0 radical (unpaired) electrons. The van der Waals surface area contributed by atoms with Crippen LogP contribution < -0.4 is 32.3 Å². The largest absolute Gasteiger partial charge is 0.368 e. The van der Waals surface area contributed by atoms with Crippen molar-refractivity contribution in [2.45, 2.75) is 109 Å². The molecule has 4 atom stereocenters. The molecular weight excluding hydrogens is 727 g/mol. The molecule has 16 heteroatoms. The molecule has 15 nitrogen and oxygen atoms in total. The van der Waals surface area contributed by atoms with Gasteiger partial charge in [-0.05, 0) is 45.9 Å². The Morgan fingerprint density at radius 1 is 0.764 bits per heavy atom. The first-order chi connectivity index (χ1) is 25.7. The van der Waals surface area contributed by atoms with Crippen LogP contribution >= 0.6 is 0 Å². The van der Waals surface area contributed by atoms with Crippen LogP contribution in [0.15, 0.2) is 47.4 Å². The maximum atomic E-state index is 14.0. The van der Waals surface area contributed by atoms with Crippen LogP contribution in [0.1, 0.15) is 102 Å². The fourth-order valence-corrected chi connectivity index (χ4v) is 8.17. The van der Waals surface area contributed by atoms with E-state index in [9.17, 15) is 37.2 Å². The predicted octanol–water partition coefficient (Wildman–Crippen LogP) is 1.52. The highest BCUT2D eigenvalue weighted by atomic mass is 32.2. The molecule has 0 bridgehead atoms. The minimum atomic E-state index is -4.03. The number of nitrogens with one attached hydrogen (secondary N) is 5. The monoisotopic (exact) mass is 783 g/mol. The Bertz CT molecular complexity index is 1800. The molecule has 1 saturated heterocycles. The molecule has 0 saturated carbocycles. The third kappa shape index (κ3) is 12.6. The van der Waals surface area contributed by atoms with Crippen LogP contribution in [0, 0.1) is 5.92 Å². The summed E-state index contributed by atoms with van der Waals surface area (Å²) in [5, 5.41) is 12.7. The predicted molar refractivity (Wildman–Crippen MR) is 208 cm³/mol. The fourth-order valence-electron chi connectivity index (χ4n) is 5.98. The van der Waals surface area contributed by atoms with Crippen LogP contribution in [-0.4, -0.2) is 92.5 Å². The van der Waals surface area contributed by atoms with Crippen LogP contribution in [0.25, 0.3) is 0 Å². The Morgan fingerprint density at radius 3 is 1.89 bits per heavy atom. The quantitative estimate of drug-likeness (QED) is 0.108. The van der Waals surface area contributed by atoms with Crippen molar-refractivity contribution < 1.29 is 37.2 Å². The minimum absolute atomic E-state index is 0.0214. The third-order valence-electron chi connectivity index (χ3n) is 9.23. The summed E-state index contributed by atoms with van der Waals surface area (Å²) in [4.78, 5) is 75.8. The Kier molecular flexibility index (Phi) is 15.9. The summed E-state index contributed by atoms with van der Waals surface area (Å²) in [5.74, 6) is -4.03. The van der Waals surface area contributed by atoms with E-state index in [1.165, 1.54) is 0 Å². The van der Waals surface area contributed by atoms with E-state index in [0.717, 1.165) is 15.4 Å². The maximum absolute atomic E-state index is 14.0. The van der Waals surface area contributed by atoms with Gasteiger partial charge >= 0.3 is 0 Å². The van der Waals surface area contributed by atoms with E-state index in [1.54, 1.807) is 38.1 Å². The second-order valence-corrected chi connectivity index (χ2v) is 17.0. The van der Waals surface area contributed by atoms with Crippen molar-refractivity contribution in [1.29, 1.82) is 0 Å². The van der Waals surface area contributed by atoms with Crippen LogP contribution in [0.3, 0.4) is 0 Å². The summed E-state index contributed by atoms with van der Waals surface area (Å²) in [6.07, 6.45) is -0.0323. The van der Waals surface area contributed by atoms with Crippen LogP contribution in [0.4, 0.5) is 0 Å². The Labute approximate surface area is 324 Å². The molecule has 0 aliphatic carbocycles. The molecular formula is C39H57N7O8S. The molecule has 302 valence electrons. The lowest BCUT2D eigenvalue weighted by Crippen LogP contribution is -2.53. The van der Waals surface area contributed by atoms with Crippen molar-refractivity contribution >= 4 is 45.5 Å². The molecule has 1 fully saturated rings. The first-order valence-corrected chi connectivity index (χ1v) is 20.1. The van der Waals surface area contributed by atoms with Crippen molar-refractivity contribution in [3.63, 3.8) is 0 Å². The molecule has 1 heterocycles. The van der Waals surface area contributed by atoms with Gasteiger partial charge in [-0.1, -0.05) is 97.9 Å². The van der Waals surface area contributed by atoms with Crippen molar-refractivity contribution in [2.24, 2.45) is 11.7 Å². The van der Waals surface area contributed by atoms with E-state index in [2.05, 4.69) is 40.4 Å². The number of carbonyl (C=O) groups excluding carboxylic acids is 6. The number of benzene rings is 2. The topological polar surface area (TPSA) is 226 Å². The van der Waals surface area contributed by atoms with Gasteiger partial charge in [0.15, 0.2) is 0 Å². The molecule has 0 aromatic heterocycles. The summed E-state index contributed by atoms with van der Waals surface area (Å²) in [5.41, 5.74) is 8.36. The molecule has 6 amide bonds. The maximum Gasteiger partial charge on any atom is 0.244 e. The van der Waals surface area contributed by atoms with Crippen LogP contribution in [0.5, 0.6) is 0 Å². The number of primary amides is 1. The number of nitrogens with zero attached hydrogens (tertiary/aromatic N) is 1. The standard InChI is InChI=1S/C39H57N7O8S/c1-22(2)27-17-28(23(3)4)36(29(18-27)24(5)6)55(53,54)46-21-31(46)38(51)43-20-34(49)45-35(25(7)8)39(52)41-15-14-33(48)44-30(37(50)42-19-32(40)47)16-26-12-10-9-11-13-26/h9-13,17-18,22-25,30-31,35H,14-16,19-21H2,1-8H3,(H2,40,47)(H,41,52)(H,42,50)(H,43,51)(H,44,48)(H,45,49)/t30-,31?,35?,46?/m0/s1. The molecule has 1 aliphatic heterocycles. The van der Waals surface area contributed by atoms with Gasteiger partial charge in [-0.2, -0.15) is 4.31 Å². The van der Waals surface area contributed by atoms with Gasteiger partial charge in [0.05, 0.1) is 18.0 Å². The number of hydrogen-bond acceptors (Lipinski definition) is 8. The number of rotatable bonds is 20. The number of sulfonamides is 1. The zero-order chi connectivity index (χ0) is 41.2. The Morgan fingerprint density at radius 2 is 1.36 bits per heavy atom. The molecule has 0 spiro atoms. The van der Waals surface area contributed by atoms with Crippen molar-refractivity contribution in [1.82, 2.24) is 30.9 Å². The van der Waals surface area contributed by atoms with E-state index in [1.807, 2.05) is 45.9 Å². The fraction of sp³-hybridized carbons (Fsp3) is 0.538. The normalized spacial score (nSPS) is 16.4. The van der Waals surface area contributed by atoms with Crippen LogP contribution in [0.2, 0.25) is 0 Å². The summed E-state index contributed by atoms with van der Waals surface area (Å²) < 4.78 is 29.1.